The van der Waals surface area contributed by atoms with Crippen LogP contribution in [-0.4, -0.2) is 29.3 Å². The number of nitrogens with one attached hydrogen (secondary N) is 1. The van der Waals surface area contributed by atoms with Crippen molar-refractivity contribution in [2.75, 3.05) is 6.61 Å². The van der Waals surface area contributed by atoms with Gasteiger partial charge in [0.15, 0.2) is 6.10 Å². The van der Waals surface area contributed by atoms with Crippen molar-refractivity contribution in [1.82, 2.24) is 5.32 Å². The maximum absolute atomic E-state index is 12.0. The summed E-state index contributed by atoms with van der Waals surface area (Å²) in [4.78, 5) is 12.0. The highest BCUT2D eigenvalue weighted by molar-refractivity contribution is 5.81. The lowest BCUT2D eigenvalue weighted by Gasteiger charge is -2.26. The number of carbonyl (C=O) groups is 1. The lowest BCUT2D eigenvalue weighted by atomic mass is 10.0. The number of hydrogen-bond donors (Lipinski definition) is 2. The van der Waals surface area contributed by atoms with Gasteiger partial charge in [-0.05, 0) is 51.3 Å². The van der Waals surface area contributed by atoms with E-state index < -0.39 is 6.10 Å². The van der Waals surface area contributed by atoms with Gasteiger partial charge in [0, 0.05) is 12.1 Å². The standard InChI is InChI=1S/C16H25NO3/c1-5-16(3,4)17-15(19)12(2)20-14-8-6-13(7-9-14)10-11-18/h6-9,12,18H,5,10-11H2,1-4H3,(H,17,19). The fourth-order valence-corrected chi connectivity index (χ4v) is 1.64. The number of aliphatic hydroxyl groups is 1. The summed E-state index contributed by atoms with van der Waals surface area (Å²) in [6.07, 6.45) is 0.951. The minimum Gasteiger partial charge on any atom is -0.481 e. The second-order valence-electron chi connectivity index (χ2n) is 5.60. The van der Waals surface area contributed by atoms with Gasteiger partial charge in [-0.15, -0.1) is 0 Å². The van der Waals surface area contributed by atoms with Crippen LogP contribution in [0.3, 0.4) is 0 Å². The van der Waals surface area contributed by atoms with Gasteiger partial charge in [-0.25, -0.2) is 0 Å². The van der Waals surface area contributed by atoms with Gasteiger partial charge in [0.05, 0.1) is 0 Å². The zero-order valence-corrected chi connectivity index (χ0v) is 12.8. The summed E-state index contributed by atoms with van der Waals surface area (Å²) in [6.45, 7) is 7.88. The monoisotopic (exact) mass is 279 g/mol. The third kappa shape index (κ3) is 5.21. The van der Waals surface area contributed by atoms with Gasteiger partial charge in [0.1, 0.15) is 5.75 Å². The van der Waals surface area contributed by atoms with Crippen molar-refractivity contribution in [3.63, 3.8) is 0 Å². The molecule has 0 radical (unpaired) electrons. The van der Waals surface area contributed by atoms with Gasteiger partial charge in [-0.3, -0.25) is 4.79 Å². The average molecular weight is 279 g/mol. The Balaban J connectivity index is 2.57. The number of benzene rings is 1. The van der Waals surface area contributed by atoms with Gasteiger partial charge < -0.3 is 15.2 Å². The number of amides is 1. The van der Waals surface area contributed by atoms with E-state index in [0.29, 0.717) is 12.2 Å². The Kier molecular flexibility index (Phi) is 6.02. The van der Waals surface area contributed by atoms with Crippen LogP contribution < -0.4 is 10.1 Å². The molecule has 2 N–H and O–H groups in total. The maximum atomic E-state index is 12.0. The predicted molar refractivity (Wildman–Crippen MR) is 79.8 cm³/mol. The first-order valence-electron chi connectivity index (χ1n) is 7.06. The van der Waals surface area contributed by atoms with E-state index in [4.69, 9.17) is 9.84 Å². The smallest absolute Gasteiger partial charge is 0.261 e. The molecule has 1 aromatic rings. The summed E-state index contributed by atoms with van der Waals surface area (Å²) in [5.41, 5.74) is 0.823. The summed E-state index contributed by atoms with van der Waals surface area (Å²) in [6, 6.07) is 7.43. The van der Waals surface area contributed by atoms with E-state index in [2.05, 4.69) is 5.32 Å². The van der Waals surface area contributed by atoms with Gasteiger partial charge in [0.2, 0.25) is 0 Å². The second kappa shape index (κ2) is 7.29. The topological polar surface area (TPSA) is 58.6 Å². The third-order valence-electron chi connectivity index (χ3n) is 3.35. The van der Waals surface area contributed by atoms with Crippen LogP contribution in [0.4, 0.5) is 0 Å². The summed E-state index contributed by atoms with van der Waals surface area (Å²) in [7, 11) is 0. The van der Waals surface area contributed by atoms with Crippen LogP contribution in [0.15, 0.2) is 24.3 Å². The Labute approximate surface area is 121 Å². The van der Waals surface area contributed by atoms with E-state index in [1.165, 1.54) is 0 Å². The summed E-state index contributed by atoms with van der Waals surface area (Å²) < 4.78 is 5.63. The zero-order valence-electron chi connectivity index (χ0n) is 12.8. The first-order chi connectivity index (χ1) is 9.38. The highest BCUT2D eigenvalue weighted by Crippen LogP contribution is 2.15. The molecule has 1 unspecified atom stereocenters. The van der Waals surface area contributed by atoms with Crippen molar-refractivity contribution >= 4 is 5.91 Å². The fraction of sp³-hybridized carbons (Fsp3) is 0.562. The number of ether oxygens (including phenoxy) is 1. The van der Waals surface area contributed by atoms with E-state index in [1.54, 1.807) is 6.92 Å². The zero-order chi connectivity index (χ0) is 15.2. The van der Waals surface area contributed by atoms with Gasteiger partial charge in [-0.2, -0.15) is 0 Å². The van der Waals surface area contributed by atoms with Gasteiger partial charge in [0.25, 0.3) is 5.91 Å². The van der Waals surface area contributed by atoms with E-state index >= 15 is 0 Å². The van der Waals surface area contributed by atoms with Crippen LogP contribution in [0, 0.1) is 0 Å². The number of rotatable bonds is 7. The van der Waals surface area contributed by atoms with Crippen molar-refractivity contribution in [1.29, 1.82) is 0 Å². The Morgan fingerprint density at radius 2 is 1.95 bits per heavy atom. The molecule has 0 saturated heterocycles. The van der Waals surface area contributed by atoms with Crippen molar-refractivity contribution in [2.45, 2.75) is 52.2 Å². The molecule has 0 bridgehead atoms. The maximum Gasteiger partial charge on any atom is 0.261 e. The van der Waals surface area contributed by atoms with Crippen molar-refractivity contribution in [3.8, 4) is 5.75 Å². The molecule has 20 heavy (non-hydrogen) atoms. The van der Waals surface area contributed by atoms with E-state index in [0.717, 1.165) is 12.0 Å². The Morgan fingerprint density at radius 3 is 2.45 bits per heavy atom. The first-order valence-corrected chi connectivity index (χ1v) is 7.06. The molecular weight excluding hydrogens is 254 g/mol. The number of hydrogen-bond acceptors (Lipinski definition) is 3. The Bertz CT molecular complexity index is 426. The molecule has 0 aliphatic rings. The molecule has 0 fully saturated rings. The molecule has 0 aromatic heterocycles. The molecule has 0 saturated carbocycles. The van der Waals surface area contributed by atoms with Gasteiger partial charge >= 0.3 is 0 Å². The van der Waals surface area contributed by atoms with Crippen LogP contribution in [0.1, 0.15) is 39.7 Å². The summed E-state index contributed by atoms with van der Waals surface area (Å²) >= 11 is 0. The van der Waals surface area contributed by atoms with Crippen LogP contribution in [-0.2, 0) is 11.2 Å². The highest BCUT2D eigenvalue weighted by Gasteiger charge is 2.22. The van der Waals surface area contributed by atoms with Crippen molar-refractivity contribution < 1.29 is 14.6 Å². The number of carbonyl (C=O) groups excluding carboxylic acids is 1. The quantitative estimate of drug-likeness (QED) is 0.805. The molecule has 0 spiro atoms. The first kappa shape index (κ1) is 16.5. The molecule has 4 heteroatoms. The van der Waals surface area contributed by atoms with Crippen molar-refractivity contribution in [2.24, 2.45) is 0 Å². The Hall–Kier alpha value is -1.55. The molecule has 1 amide bonds. The predicted octanol–water partition coefficient (Wildman–Crippen LogP) is 2.29. The second-order valence-corrected chi connectivity index (χ2v) is 5.60. The fourth-order valence-electron chi connectivity index (χ4n) is 1.64. The molecule has 112 valence electrons. The average Bonchev–Trinajstić information content (AvgIpc) is 2.41. The molecule has 4 nitrogen and oxygen atoms in total. The molecular formula is C16H25NO3. The molecule has 0 aliphatic heterocycles. The van der Waals surface area contributed by atoms with Gasteiger partial charge in [-0.1, -0.05) is 19.1 Å². The molecule has 0 aliphatic carbocycles. The summed E-state index contributed by atoms with van der Waals surface area (Å²) in [5, 5.41) is 11.8. The van der Waals surface area contributed by atoms with E-state index in [1.807, 2.05) is 45.0 Å². The normalized spacial score (nSPS) is 12.8. The molecule has 1 aromatic carbocycles. The van der Waals surface area contributed by atoms with Crippen LogP contribution in [0.25, 0.3) is 0 Å². The van der Waals surface area contributed by atoms with E-state index in [9.17, 15) is 4.79 Å². The number of aliphatic hydroxyl groups excluding tert-OH is 1. The minimum absolute atomic E-state index is 0.115. The molecule has 0 heterocycles. The SMILES string of the molecule is CCC(C)(C)NC(=O)C(C)Oc1ccc(CCO)cc1. The van der Waals surface area contributed by atoms with Crippen molar-refractivity contribution in [3.05, 3.63) is 29.8 Å². The lowest BCUT2D eigenvalue weighted by Crippen LogP contribution is -2.48. The van der Waals surface area contributed by atoms with E-state index in [-0.39, 0.29) is 18.1 Å². The Morgan fingerprint density at radius 1 is 1.35 bits per heavy atom. The van der Waals surface area contributed by atoms with Crippen LogP contribution in [0.2, 0.25) is 0 Å². The van der Waals surface area contributed by atoms with Crippen LogP contribution >= 0.6 is 0 Å². The summed E-state index contributed by atoms with van der Waals surface area (Å²) in [5.74, 6) is 0.542. The largest absolute Gasteiger partial charge is 0.481 e. The minimum atomic E-state index is -0.537. The van der Waals surface area contributed by atoms with Crippen LogP contribution in [0.5, 0.6) is 5.75 Å². The molecule has 1 rings (SSSR count). The molecule has 1 atom stereocenters. The third-order valence-corrected chi connectivity index (χ3v) is 3.35. The highest BCUT2D eigenvalue weighted by atomic mass is 16.5. The lowest BCUT2D eigenvalue weighted by molar-refractivity contribution is -0.128.